The quantitative estimate of drug-likeness (QED) is 0.607. The fourth-order valence-corrected chi connectivity index (χ4v) is 5.60. The fraction of sp³-hybridized carbons (Fsp3) is 0.522. The normalized spacial score (nSPS) is 15.4. The number of benzene rings is 1. The molecule has 1 aliphatic rings. The Kier molecular flexibility index (Phi) is 7.72. The molecule has 1 N–H and O–H groups in total. The molecule has 7 heteroatoms. The summed E-state index contributed by atoms with van der Waals surface area (Å²) in [5.74, 6) is -0.168. The highest BCUT2D eigenvalue weighted by atomic mass is 32.2. The minimum atomic E-state index is -3.53. The summed E-state index contributed by atoms with van der Waals surface area (Å²) in [7, 11) is -1.37. The number of carbonyl (C=O) groups is 1. The molecule has 1 aliphatic carbocycles. The van der Waals surface area contributed by atoms with Gasteiger partial charge in [-0.3, -0.25) is 4.79 Å². The number of amides is 1. The van der Waals surface area contributed by atoms with Gasteiger partial charge in [0.15, 0.2) is 15.6 Å². The van der Waals surface area contributed by atoms with E-state index in [2.05, 4.69) is 17.3 Å². The van der Waals surface area contributed by atoms with Crippen LogP contribution in [0, 0.1) is 6.92 Å². The van der Waals surface area contributed by atoms with Crippen LogP contribution in [0.5, 0.6) is 0 Å². The van der Waals surface area contributed by atoms with Crippen molar-refractivity contribution in [1.82, 2.24) is 10.2 Å². The smallest absolute Gasteiger partial charge is 0.286 e. The Morgan fingerprint density at radius 2 is 1.87 bits per heavy atom. The zero-order valence-electron chi connectivity index (χ0n) is 17.9. The van der Waals surface area contributed by atoms with E-state index in [9.17, 15) is 13.2 Å². The van der Waals surface area contributed by atoms with Crippen molar-refractivity contribution in [3.8, 4) is 0 Å². The Balaban J connectivity index is 1.47. The molecule has 1 fully saturated rings. The predicted octanol–water partition coefficient (Wildman–Crippen LogP) is 3.95. The molecule has 0 saturated heterocycles. The summed E-state index contributed by atoms with van der Waals surface area (Å²) in [5.41, 5.74) is 0.695. The minimum Gasteiger partial charge on any atom is -0.455 e. The van der Waals surface area contributed by atoms with Crippen molar-refractivity contribution in [1.29, 1.82) is 0 Å². The molecule has 0 radical (unpaired) electrons. The van der Waals surface area contributed by atoms with Gasteiger partial charge in [0.05, 0.1) is 4.90 Å². The molecule has 1 saturated carbocycles. The predicted molar refractivity (Wildman–Crippen MR) is 117 cm³/mol. The van der Waals surface area contributed by atoms with Gasteiger partial charge in [-0.25, -0.2) is 8.42 Å². The second-order valence-electron chi connectivity index (χ2n) is 8.17. The zero-order valence-corrected chi connectivity index (χ0v) is 18.7. The lowest BCUT2D eigenvalue weighted by molar-refractivity contribution is 0.0921. The monoisotopic (exact) mass is 432 g/mol. The summed E-state index contributed by atoms with van der Waals surface area (Å²) in [6.07, 6.45) is 7.37. The number of sulfone groups is 1. The summed E-state index contributed by atoms with van der Waals surface area (Å²) in [6.45, 7) is 3.27. The SMILES string of the molecule is Cc1ccccc1S(=O)(=O)Cc1ccc(C(=O)NCCCN(C)C2CCCCC2)o1. The van der Waals surface area contributed by atoms with Crippen LogP contribution >= 0.6 is 0 Å². The summed E-state index contributed by atoms with van der Waals surface area (Å²) in [6, 6.07) is 10.6. The molecule has 1 aromatic heterocycles. The van der Waals surface area contributed by atoms with E-state index in [1.165, 1.54) is 38.2 Å². The minimum absolute atomic E-state index is 0.144. The number of carbonyl (C=O) groups excluding carboxylic acids is 1. The van der Waals surface area contributed by atoms with Crippen LogP contribution in [0.4, 0.5) is 0 Å². The molecular weight excluding hydrogens is 400 g/mol. The van der Waals surface area contributed by atoms with E-state index >= 15 is 0 Å². The Bertz CT molecular complexity index is 946. The highest BCUT2D eigenvalue weighted by Crippen LogP contribution is 2.22. The molecule has 0 spiro atoms. The first kappa shape index (κ1) is 22.6. The van der Waals surface area contributed by atoms with Gasteiger partial charge in [0.2, 0.25) is 0 Å². The molecular formula is C23H32N2O4S. The largest absolute Gasteiger partial charge is 0.455 e. The van der Waals surface area contributed by atoms with Gasteiger partial charge in [-0.05, 0) is 63.5 Å². The first-order valence-corrected chi connectivity index (χ1v) is 12.4. The van der Waals surface area contributed by atoms with Crippen LogP contribution in [0.1, 0.15) is 60.4 Å². The van der Waals surface area contributed by atoms with E-state index in [0.717, 1.165) is 13.0 Å². The van der Waals surface area contributed by atoms with Crippen molar-refractivity contribution in [2.45, 2.75) is 62.1 Å². The highest BCUT2D eigenvalue weighted by Gasteiger charge is 2.21. The van der Waals surface area contributed by atoms with Crippen LogP contribution in [0.3, 0.4) is 0 Å². The van der Waals surface area contributed by atoms with E-state index < -0.39 is 9.84 Å². The van der Waals surface area contributed by atoms with Gasteiger partial charge >= 0.3 is 0 Å². The van der Waals surface area contributed by atoms with Crippen LogP contribution in [0.15, 0.2) is 45.7 Å². The van der Waals surface area contributed by atoms with E-state index in [1.54, 1.807) is 37.3 Å². The lowest BCUT2D eigenvalue weighted by atomic mass is 9.94. The number of hydrogen-bond donors (Lipinski definition) is 1. The Labute approximate surface area is 179 Å². The Morgan fingerprint density at radius 1 is 1.13 bits per heavy atom. The van der Waals surface area contributed by atoms with Gasteiger partial charge in [0.25, 0.3) is 5.91 Å². The van der Waals surface area contributed by atoms with Crippen molar-refractivity contribution in [2.75, 3.05) is 20.1 Å². The second-order valence-corrected chi connectivity index (χ2v) is 10.1. The number of furan rings is 1. The molecule has 3 rings (SSSR count). The van der Waals surface area contributed by atoms with Crippen LogP contribution < -0.4 is 5.32 Å². The van der Waals surface area contributed by atoms with Crippen LogP contribution in [-0.2, 0) is 15.6 Å². The van der Waals surface area contributed by atoms with Crippen LogP contribution in [0.2, 0.25) is 0 Å². The van der Waals surface area contributed by atoms with Gasteiger partial charge in [-0.2, -0.15) is 0 Å². The number of hydrogen-bond acceptors (Lipinski definition) is 5. The average Bonchev–Trinajstić information content (AvgIpc) is 3.19. The van der Waals surface area contributed by atoms with Crippen molar-refractivity contribution in [3.05, 3.63) is 53.5 Å². The maximum Gasteiger partial charge on any atom is 0.286 e. The molecule has 0 atom stereocenters. The molecule has 2 aromatic rings. The second kappa shape index (κ2) is 10.3. The van der Waals surface area contributed by atoms with Gasteiger partial charge in [0, 0.05) is 12.6 Å². The number of rotatable bonds is 9. The molecule has 164 valence electrons. The molecule has 0 bridgehead atoms. The summed E-state index contributed by atoms with van der Waals surface area (Å²) >= 11 is 0. The van der Waals surface area contributed by atoms with Gasteiger partial charge in [-0.15, -0.1) is 0 Å². The standard InChI is InChI=1S/C23H32N2O4S/c1-18-9-6-7-12-22(18)30(27,28)17-20-13-14-21(29-20)23(26)24-15-8-16-25(2)19-10-4-3-5-11-19/h6-7,9,12-14,19H,3-5,8,10-11,15-17H2,1-2H3,(H,24,26). The molecule has 0 unspecified atom stereocenters. The van der Waals surface area contributed by atoms with Crippen LogP contribution in [0.25, 0.3) is 0 Å². The van der Waals surface area contributed by atoms with Gasteiger partial charge in [0.1, 0.15) is 11.5 Å². The van der Waals surface area contributed by atoms with Crippen molar-refractivity contribution in [3.63, 3.8) is 0 Å². The van der Waals surface area contributed by atoms with Gasteiger partial charge in [-0.1, -0.05) is 37.5 Å². The molecule has 6 nitrogen and oxygen atoms in total. The lowest BCUT2D eigenvalue weighted by Crippen LogP contribution is -2.35. The highest BCUT2D eigenvalue weighted by molar-refractivity contribution is 7.90. The first-order chi connectivity index (χ1) is 14.4. The van der Waals surface area contributed by atoms with E-state index in [0.29, 0.717) is 18.2 Å². The molecule has 0 aliphatic heterocycles. The molecule has 1 aromatic carbocycles. The van der Waals surface area contributed by atoms with E-state index in [-0.39, 0.29) is 28.1 Å². The Hall–Kier alpha value is -2.12. The third kappa shape index (κ3) is 5.95. The average molecular weight is 433 g/mol. The van der Waals surface area contributed by atoms with Crippen molar-refractivity contribution in [2.24, 2.45) is 0 Å². The lowest BCUT2D eigenvalue weighted by Gasteiger charge is -2.31. The van der Waals surface area contributed by atoms with Gasteiger partial charge < -0.3 is 14.6 Å². The van der Waals surface area contributed by atoms with Crippen LogP contribution in [-0.4, -0.2) is 45.4 Å². The number of aryl methyl sites for hydroxylation is 1. The number of nitrogens with one attached hydrogen (secondary N) is 1. The maximum atomic E-state index is 12.6. The van der Waals surface area contributed by atoms with E-state index in [1.807, 2.05) is 0 Å². The molecule has 1 heterocycles. The van der Waals surface area contributed by atoms with Crippen molar-refractivity contribution < 1.29 is 17.6 Å². The molecule has 1 amide bonds. The number of nitrogens with zero attached hydrogens (tertiary/aromatic N) is 1. The summed E-state index contributed by atoms with van der Waals surface area (Å²) in [5, 5.41) is 2.87. The zero-order chi connectivity index (χ0) is 21.6. The molecule has 30 heavy (non-hydrogen) atoms. The van der Waals surface area contributed by atoms with Crippen molar-refractivity contribution >= 4 is 15.7 Å². The fourth-order valence-electron chi connectivity index (χ4n) is 4.07. The third-order valence-corrected chi connectivity index (χ3v) is 7.61. The third-order valence-electron chi connectivity index (χ3n) is 5.82. The summed E-state index contributed by atoms with van der Waals surface area (Å²) in [4.78, 5) is 15.0. The topological polar surface area (TPSA) is 79.6 Å². The maximum absolute atomic E-state index is 12.6. The Morgan fingerprint density at radius 3 is 2.60 bits per heavy atom. The first-order valence-electron chi connectivity index (χ1n) is 10.7. The summed E-state index contributed by atoms with van der Waals surface area (Å²) < 4.78 is 30.8. The van der Waals surface area contributed by atoms with E-state index in [4.69, 9.17) is 4.42 Å².